The highest BCUT2D eigenvalue weighted by Crippen LogP contribution is 2.13. The van der Waals surface area contributed by atoms with Gasteiger partial charge in [-0.3, -0.25) is 4.79 Å². The first-order chi connectivity index (χ1) is 8.65. The van der Waals surface area contributed by atoms with Crippen molar-refractivity contribution in [3.05, 3.63) is 30.1 Å². The second kappa shape index (κ2) is 7.42. The lowest BCUT2D eigenvalue weighted by molar-refractivity contribution is -0.141. The summed E-state index contributed by atoms with van der Waals surface area (Å²) in [7, 11) is 0. The fraction of sp³-hybridized carbons (Fsp3) is 0.385. The molecule has 0 saturated heterocycles. The predicted octanol–water partition coefficient (Wildman–Crippen LogP) is 2.85. The molecule has 0 saturated carbocycles. The zero-order chi connectivity index (χ0) is 13.4. The van der Waals surface area contributed by atoms with Crippen LogP contribution in [0, 0.1) is 5.82 Å². The molecule has 0 heterocycles. The van der Waals surface area contributed by atoms with Crippen LogP contribution in [0.2, 0.25) is 0 Å². The molecule has 1 aromatic carbocycles. The minimum atomic E-state index is -0.396. The molecule has 1 aromatic rings. The third kappa shape index (κ3) is 4.95. The van der Waals surface area contributed by atoms with Gasteiger partial charge in [0.1, 0.15) is 12.2 Å². The Bertz CT molecular complexity index is 415. The lowest BCUT2D eigenvalue weighted by atomic mass is 10.3. The molecule has 0 aliphatic heterocycles. The van der Waals surface area contributed by atoms with Crippen LogP contribution in [0.3, 0.4) is 0 Å². The monoisotopic (exact) mass is 253 g/mol. The van der Waals surface area contributed by atoms with Crippen LogP contribution in [-0.4, -0.2) is 25.1 Å². The van der Waals surface area contributed by atoms with Gasteiger partial charge in [-0.05, 0) is 38.1 Å². The van der Waals surface area contributed by atoms with E-state index in [1.807, 2.05) is 0 Å². The van der Waals surface area contributed by atoms with Gasteiger partial charge in [0, 0.05) is 0 Å². The number of hydrogen-bond donors (Lipinski definition) is 0. The van der Waals surface area contributed by atoms with E-state index in [1.165, 1.54) is 24.3 Å². The number of halogens is 1. The first-order valence-corrected chi connectivity index (χ1v) is 5.77. The average Bonchev–Trinajstić information content (AvgIpc) is 2.32. The standard InChI is InChI=1S/C13H16FNO3/c1-3-17-12(9-13(16)18-4-2)15-11-7-5-10(14)6-8-11/h5-8H,3-4,9H2,1-2H3. The summed E-state index contributed by atoms with van der Waals surface area (Å²) in [5.41, 5.74) is 0.532. The Morgan fingerprint density at radius 3 is 2.33 bits per heavy atom. The van der Waals surface area contributed by atoms with Gasteiger partial charge in [0.25, 0.3) is 0 Å². The maximum atomic E-state index is 12.7. The van der Waals surface area contributed by atoms with Crippen LogP contribution in [0.4, 0.5) is 10.1 Å². The van der Waals surface area contributed by atoms with Gasteiger partial charge in [0.05, 0.1) is 18.9 Å². The molecule has 0 unspecified atom stereocenters. The molecule has 0 aromatic heterocycles. The van der Waals surface area contributed by atoms with Crippen molar-refractivity contribution in [1.29, 1.82) is 0 Å². The van der Waals surface area contributed by atoms with Gasteiger partial charge in [-0.1, -0.05) is 0 Å². The Hall–Kier alpha value is -1.91. The van der Waals surface area contributed by atoms with E-state index in [-0.39, 0.29) is 18.1 Å². The van der Waals surface area contributed by atoms with E-state index >= 15 is 0 Å². The minimum absolute atomic E-state index is 0.0287. The maximum Gasteiger partial charge on any atom is 0.315 e. The Balaban J connectivity index is 2.76. The van der Waals surface area contributed by atoms with E-state index in [2.05, 4.69) is 4.99 Å². The van der Waals surface area contributed by atoms with E-state index in [0.717, 1.165) is 0 Å². The molecule has 98 valence electrons. The molecule has 0 bridgehead atoms. The summed E-state index contributed by atoms with van der Waals surface area (Å²) < 4.78 is 22.8. The summed E-state index contributed by atoms with van der Waals surface area (Å²) in [5, 5.41) is 0. The highest BCUT2D eigenvalue weighted by Gasteiger charge is 2.09. The van der Waals surface area contributed by atoms with E-state index in [0.29, 0.717) is 18.9 Å². The summed E-state index contributed by atoms with van der Waals surface area (Å²) in [6, 6.07) is 5.62. The highest BCUT2D eigenvalue weighted by atomic mass is 19.1. The number of esters is 1. The zero-order valence-electron chi connectivity index (χ0n) is 10.5. The highest BCUT2D eigenvalue weighted by molar-refractivity contribution is 5.95. The fourth-order valence-electron chi connectivity index (χ4n) is 1.28. The summed E-state index contributed by atoms with van der Waals surface area (Å²) >= 11 is 0. The van der Waals surface area contributed by atoms with Crippen LogP contribution in [-0.2, 0) is 14.3 Å². The van der Waals surface area contributed by atoms with Crippen LogP contribution in [0.25, 0.3) is 0 Å². The van der Waals surface area contributed by atoms with Crippen molar-refractivity contribution in [3.63, 3.8) is 0 Å². The van der Waals surface area contributed by atoms with Gasteiger partial charge in [0.2, 0.25) is 0 Å². The quantitative estimate of drug-likeness (QED) is 0.460. The summed E-state index contributed by atoms with van der Waals surface area (Å²) in [6.45, 7) is 4.24. The Kier molecular flexibility index (Phi) is 5.84. The van der Waals surface area contributed by atoms with Crippen molar-refractivity contribution in [2.45, 2.75) is 20.3 Å². The smallest absolute Gasteiger partial charge is 0.315 e. The van der Waals surface area contributed by atoms with Gasteiger partial charge in [-0.15, -0.1) is 0 Å². The van der Waals surface area contributed by atoms with Gasteiger partial charge in [-0.25, -0.2) is 9.38 Å². The molecular formula is C13H16FNO3. The molecule has 4 nitrogen and oxygen atoms in total. The van der Waals surface area contributed by atoms with Crippen LogP contribution in [0.1, 0.15) is 20.3 Å². The second-order valence-corrected chi connectivity index (χ2v) is 3.40. The number of aliphatic imine (C=N–C) groups is 1. The van der Waals surface area contributed by atoms with Crippen LogP contribution in [0.15, 0.2) is 29.3 Å². The largest absolute Gasteiger partial charge is 0.481 e. The molecule has 0 fully saturated rings. The number of benzene rings is 1. The molecule has 0 amide bonds. The zero-order valence-corrected chi connectivity index (χ0v) is 10.5. The number of ether oxygens (including phenoxy) is 2. The summed E-state index contributed by atoms with van der Waals surface area (Å²) in [6.07, 6.45) is -0.0287. The molecule has 0 aliphatic carbocycles. The molecule has 0 atom stereocenters. The SMILES string of the molecule is CCOC(=O)CC(=Nc1ccc(F)cc1)OCC. The van der Waals surface area contributed by atoms with Crippen LogP contribution < -0.4 is 0 Å². The second-order valence-electron chi connectivity index (χ2n) is 3.40. The molecule has 0 spiro atoms. The molecule has 5 heteroatoms. The minimum Gasteiger partial charge on any atom is -0.481 e. The van der Waals surface area contributed by atoms with Crippen molar-refractivity contribution < 1.29 is 18.7 Å². The number of rotatable bonds is 5. The normalized spacial score (nSPS) is 11.2. The first-order valence-electron chi connectivity index (χ1n) is 5.77. The molecule has 0 N–H and O–H groups in total. The Morgan fingerprint density at radius 1 is 1.17 bits per heavy atom. The van der Waals surface area contributed by atoms with Crippen LogP contribution >= 0.6 is 0 Å². The average molecular weight is 253 g/mol. The van der Waals surface area contributed by atoms with E-state index in [9.17, 15) is 9.18 Å². The molecule has 0 radical (unpaired) electrons. The third-order valence-electron chi connectivity index (χ3n) is 1.99. The number of carbonyl (C=O) groups is 1. The Morgan fingerprint density at radius 2 is 1.78 bits per heavy atom. The number of nitrogens with zero attached hydrogens (tertiary/aromatic N) is 1. The van der Waals surface area contributed by atoms with Gasteiger partial charge in [-0.2, -0.15) is 0 Å². The van der Waals surface area contributed by atoms with Gasteiger partial charge in [0.15, 0.2) is 5.90 Å². The van der Waals surface area contributed by atoms with E-state index in [1.54, 1.807) is 13.8 Å². The Labute approximate surface area is 105 Å². The van der Waals surface area contributed by atoms with Crippen molar-refractivity contribution in [2.75, 3.05) is 13.2 Å². The number of carbonyl (C=O) groups excluding carboxylic acids is 1. The topological polar surface area (TPSA) is 47.9 Å². The first kappa shape index (κ1) is 14.2. The van der Waals surface area contributed by atoms with E-state index in [4.69, 9.17) is 9.47 Å². The maximum absolute atomic E-state index is 12.7. The molecule has 18 heavy (non-hydrogen) atoms. The van der Waals surface area contributed by atoms with Crippen molar-refractivity contribution in [1.82, 2.24) is 0 Å². The summed E-state index contributed by atoms with van der Waals surface area (Å²) in [5.74, 6) is -0.466. The fourth-order valence-corrected chi connectivity index (χ4v) is 1.28. The van der Waals surface area contributed by atoms with Crippen molar-refractivity contribution in [2.24, 2.45) is 4.99 Å². The molecule has 1 rings (SSSR count). The van der Waals surface area contributed by atoms with Gasteiger partial charge >= 0.3 is 5.97 Å². The molecule has 0 aliphatic rings. The lowest BCUT2D eigenvalue weighted by Crippen LogP contribution is -2.14. The predicted molar refractivity (Wildman–Crippen MR) is 66.4 cm³/mol. The lowest BCUT2D eigenvalue weighted by Gasteiger charge is -2.07. The third-order valence-corrected chi connectivity index (χ3v) is 1.99. The van der Waals surface area contributed by atoms with E-state index < -0.39 is 5.97 Å². The number of hydrogen-bond acceptors (Lipinski definition) is 4. The van der Waals surface area contributed by atoms with Crippen LogP contribution in [0.5, 0.6) is 0 Å². The van der Waals surface area contributed by atoms with Crippen molar-refractivity contribution in [3.8, 4) is 0 Å². The molecular weight excluding hydrogens is 237 g/mol. The van der Waals surface area contributed by atoms with Crippen molar-refractivity contribution >= 4 is 17.6 Å². The van der Waals surface area contributed by atoms with Gasteiger partial charge < -0.3 is 9.47 Å². The summed E-state index contributed by atoms with van der Waals surface area (Å²) in [4.78, 5) is 15.5.